The molecule has 1 aromatic heterocycles. The standard InChI is InChI=1S/C10H14BrN5O/c1-2-7-9(17)13-3-4-16(7)8-6(11)5-14-10(12)15-8/h5,7H,2-4H2,1H3,(H,13,17)(H2,12,14,15). The molecule has 1 fully saturated rings. The Balaban J connectivity index is 2.36. The van der Waals surface area contributed by atoms with Crippen LogP contribution in [0.2, 0.25) is 0 Å². The van der Waals surface area contributed by atoms with E-state index in [9.17, 15) is 4.79 Å². The lowest BCUT2D eigenvalue weighted by Crippen LogP contribution is -2.55. The highest BCUT2D eigenvalue weighted by Crippen LogP contribution is 2.27. The molecule has 17 heavy (non-hydrogen) atoms. The van der Waals surface area contributed by atoms with Crippen molar-refractivity contribution in [2.45, 2.75) is 19.4 Å². The van der Waals surface area contributed by atoms with Gasteiger partial charge in [0.05, 0.1) is 4.47 Å². The predicted molar refractivity (Wildman–Crippen MR) is 68.6 cm³/mol. The lowest BCUT2D eigenvalue weighted by atomic mass is 10.1. The number of carbonyl (C=O) groups is 1. The molecule has 1 unspecified atom stereocenters. The summed E-state index contributed by atoms with van der Waals surface area (Å²) >= 11 is 3.39. The number of hydrogen-bond donors (Lipinski definition) is 2. The minimum atomic E-state index is -0.200. The quantitative estimate of drug-likeness (QED) is 0.832. The normalized spacial score (nSPS) is 20.2. The van der Waals surface area contributed by atoms with Gasteiger partial charge in [-0.2, -0.15) is 4.98 Å². The monoisotopic (exact) mass is 299 g/mol. The zero-order valence-corrected chi connectivity index (χ0v) is 11.1. The number of carbonyl (C=O) groups excluding carboxylic acids is 1. The van der Waals surface area contributed by atoms with Crippen molar-refractivity contribution in [2.75, 3.05) is 23.7 Å². The van der Waals surface area contributed by atoms with Gasteiger partial charge >= 0.3 is 0 Å². The van der Waals surface area contributed by atoms with Crippen molar-refractivity contribution >= 4 is 33.6 Å². The summed E-state index contributed by atoms with van der Waals surface area (Å²) < 4.78 is 0.750. The molecule has 2 heterocycles. The molecule has 7 heteroatoms. The summed E-state index contributed by atoms with van der Waals surface area (Å²) in [7, 11) is 0. The van der Waals surface area contributed by atoms with E-state index in [2.05, 4.69) is 31.2 Å². The molecule has 0 radical (unpaired) electrons. The van der Waals surface area contributed by atoms with Gasteiger partial charge in [-0.1, -0.05) is 6.92 Å². The maximum Gasteiger partial charge on any atom is 0.242 e. The number of rotatable bonds is 2. The van der Waals surface area contributed by atoms with E-state index in [-0.39, 0.29) is 17.9 Å². The zero-order valence-electron chi connectivity index (χ0n) is 9.48. The summed E-state index contributed by atoms with van der Waals surface area (Å²) in [6.45, 7) is 3.31. The maximum absolute atomic E-state index is 11.8. The largest absolute Gasteiger partial charge is 0.368 e. The van der Waals surface area contributed by atoms with Gasteiger partial charge in [0.25, 0.3) is 0 Å². The molecule has 3 N–H and O–H groups in total. The fourth-order valence-corrected chi connectivity index (χ4v) is 2.37. The predicted octanol–water partition coefficient (Wildman–Crippen LogP) is 0.536. The summed E-state index contributed by atoms with van der Waals surface area (Å²) in [5.41, 5.74) is 5.59. The molecule has 92 valence electrons. The van der Waals surface area contributed by atoms with Crippen LogP contribution in [0.3, 0.4) is 0 Å². The van der Waals surface area contributed by atoms with Gasteiger partial charge in [-0.25, -0.2) is 4.98 Å². The number of piperazine rings is 1. The van der Waals surface area contributed by atoms with Crippen molar-refractivity contribution in [2.24, 2.45) is 0 Å². The second kappa shape index (κ2) is 4.87. The highest BCUT2D eigenvalue weighted by atomic mass is 79.9. The molecule has 1 atom stereocenters. The van der Waals surface area contributed by atoms with Crippen LogP contribution < -0.4 is 16.0 Å². The number of nitrogens with two attached hydrogens (primary N) is 1. The second-order valence-corrected chi connectivity index (χ2v) is 4.66. The Morgan fingerprint density at radius 1 is 1.71 bits per heavy atom. The first-order valence-electron chi connectivity index (χ1n) is 5.46. The number of aromatic nitrogens is 2. The van der Waals surface area contributed by atoms with E-state index in [4.69, 9.17) is 5.73 Å². The van der Waals surface area contributed by atoms with Crippen LogP contribution in [0.4, 0.5) is 11.8 Å². The third-order valence-electron chi connectivity index (χ3n) is 2.73. The van der Waals surface area contributed by atoms with Gasteiger partial charge in [0.1, 0.15) is 11.9 Å². The van der Waals surface area contributed by atoms with Crippen LogP contribution in [0.25, 0.3) is 0 Å². The minimum absolute atomic E-state index is 0.0304. The summed E-state index contributed by atoms with van der Waals surface area (Å²) in [6, 6.07) is -0.200. The molecule has 1 aliphatic rings. The Kier molecular flexibility index (Phi) is 3.46. The van der Waals surface area contributed by atoms with E-state index < -0.39 is 0 Å². The van der Waals surface area contributed by atoms with Crippen molar-refractivity contribution in [3.63, 3.8) is 0 Å². The molecule has 0 spiro atoms. The molecule has 1 aromatic rings. The summed E-state index contributed by atoms with van der Waals surface area (Å²) in [4.78, 5) is 21.8. The van der Waals surface area contributed by atoms with E-state index in [1.165, 1.54) is 0 Å². The highest BCUT2D eigenvalue weighted by molar-refractivity contribution is 9.10. The van der Waals surface area contributed by atoms with Crippen molar-refractivity contribution in [3.8, 4) is 0 Å². The Bertz CT molecular complexity index is 439. The van der Waals surface area contributed by atoms with Gasteiger partial charge in [0.2, 0.25) is 11.9 Å². The first-order valence-corrected chi connectivity index (χ1v) is 6.25. The fourth-order valence-electron chi connectivity index (χ4n) is 1.95. The van der Waals surface area contributed by atoms with Gasteiger partial charge in [0, 0.05) is 19.3 Å². The Labute approximate surface area is 108 Å². The lowest BCUT2D eigenvalue weighted by molar-refractivity contribution is -0.123. The van der Waals surface area contributed by atoms with E-state index in [1.54, 1.807) is 6.20 Å². The molecule has 1 amide bonds. The molecular formula is C10H14BrN5O. The van der Waals surface area contributed by atoms with E-state index in [0.29, 0.717) is 12.4 Å². The Morgan fingerprint density at radius 3 is 3.18 bits per heavy atom. The Hall–Kier alpha value is -1.37. The third-order valence-corrected chi connectivity index (χ3v) is 3.29. The number of anilines is 2. The van der Waals surface area contributed by atoms with Crippen molar-refractivity contribution < 1.29 is 4.79 Å². The summed E-state index contributed by atoms with van der Waals surface area (Å²) in [5, 5.41) is 2.85. The van der Waals surface area contributed by atoms with Crippen LogP contribution in [0.5, 0.6) is 0 Å². The van der Waals surface area contributed by atoms with Crippen LogP contribution in [0.1, 0.15) is 13.3 Å². The first kappa shape index (κ1) is 12.1. The second-order valence-electron chi connectivity index (χ2n) is 3.81. The van der Waals surface area contributed by atoms with E-state index >= 15 is 0 Å². The van der Waals surface area contributed by atoms with Crippen molar-refractivity contribution in [1.82, 2.24) is 15.3 Å². The van der Waals surface area contributed by atoms with Crippen LogP contribution in [0.15, 0.2) is 10.7 Å². The van der Waals surface area contributed by atoms with Gasteiger partial charge < -0.3 is 16.0 Å². The maximum atomic E-state index is 11.8. The molecule has 0 aromatic carbocycles. The fraction of sp³-hybridized carbons (Fsp3) is 0.500. The topological polar surface area (TPSA) is 84.1 Å². The molecule has 0 saturated carbocycles. The van der Waals surface area contributed by atoms with Crippen LogP contribution >= 0.6 is 15.9 Å². The van der Waals surface area contributed by atoms with Crippen LogP contribution in [0, 0.1) is 0 Å². The summed E-state index contributed by atoms with van der Waals surface area (Å²) in [5.74, 6) is 0.922. The average Bonchev–Trinajstić information content (AvgIpc) is 2.32. The molecule has 6 nitrogen and oxygen atoms in total. The number of hydrogen-bond acceptors (Lipinski definition) is 5. The first-order chi connectivity index (χ1) is 8.13. The molecule has 0 bridgehead atoms. The molecule has 1 saturated heterocycles. The van der Waals surface area contributed by atoms with Crippen LogP contribution in [-0.2, 0) is 4.79 Å². The van der Waals surface area contributed by atoms with Gasteiger partial charge in [0.15, 0.2) is 0 Å². The Morgan fingerprint density at radius 2 is 2.47 bits per heavy atom. The van der Waals surface area contributed by atoms with Crippen LogP contribution in [-0.4, -0.2) is 35.0 Å². The van der Waals surface area contributed by atoms with Gasteiger partial charge in [-0.3, -0.25) is 4.79 Å². The van der Waals surface area contributed by atoms with Crippen molar-refractivity contribution in [3.05, 3.63) is 10.7 Å². The number of nitrogens with one attached hydrogen (secondary N) is 1. The minimum Gasteiger partial charge on any atom is -0.368 e. The molecule has 0 aliphatic carbocycles. The number of amides is 1. The molecule has 2 rings (SSSR count). The highest BCUT2D eigenvalue weighted by Gasteiger charge is 2.30. The van der Waals surface area contributed by atoms with Gasteiger partial charge in [-0.15, -0.1) is 0 Å². The summed E-state index contributed by atoms with van der Waals surface area (Å²) in [6.07, 6.45) is 2.33. The van der Waals surface area contributed by atoms with E-state index in [1.807, 2.05) is 11.8 Å². The van der Waals surface area contributed by atoms with Gasteiger partial charge in [-0.05, 0) is 22.4 Å². The number of halogens is 1. The SMILES string of the molecule is CCC1C(=O)NCCN1c1nc(N)ncc1Br. The average molecular weight is 300 g/mol. The molecular weight excluding hydrogens is 286 g/mol. The third kappa shape index (κ3) is 2.33. The smallest absolute Gasteiger partial charge is 0.242 e. The molecule has 1 aliphatic heterocycles. The number of nitrogens with zero attached hydrogens (tertiary/aromatic N) is 3. The number of nitrogen functional groups attached to an aromatic ring is 1. The zero-order chi connectivity index (χ0) is 12.4. The van der Waals surface area contributed by atoms with E-state index in [0.717, 1.165) is 17.4 Å². The van der Waals surface area contributed by atoms with Crippen molar-refractivity contribution in [1.29, 1.82) is 0 Å². The lowest BCUT2D eigenvalue weighted by Gasteiger charge is -2.35.